The number of rotatable bonds is 5. The first-order chi connectivity index (χ1) is 12.1. The van der Waals surface area contributed by atoms with Crippen molar-refractivity contribution in [1.82, 2.24) is 29.7 Å². The molecule has 2 amide bonds. The van der Waals surface area contributed by atoms with E-state index in [0.717, 1.165) is 0 Å². The van der Waals surface area contributed by atoms with Crippen molar-refractivity contribution in [2.24, 2.45) is 0 Å². The van der Waals surface area contributed by atoms with Crippen LogP contribution in [0, 0.1) is 0 Å². The fourth-order valence-corrected chi connectivity index (χ4v) is 2.79. The van der Waals surface area contributed by atoms with E-state index in [1.807, 2.05) is 11.5 Å². The highest BCUT2D eigenvalue weighted by atomic mass is 16.5. The molecule has 0 aliphatic carbocycles. The molecule has 0 radical (unpaired) electrons. The van der Waals surface area contributed by atoms with Crippen LogP contribution < -0.4 is 5.32 Å². The van der Waals surface area contributed by atoms with Crippen LogP contribution in [-0.4, -0.2) is 63.0 Å². The zero-order valence-electron chi connectivity index (χ0n) is 14.2. The molecule has 9 nitrogen and oxygen atoms in total. The molecule has 0 bridgehead atoms. The van der Waals surface area contributed by atoms with Crippen molar-refractivity contribution < 1.29 is 14.3 Å². The number of nitrogens with one attached hydrogen (secondary N) is 1. The molecule has 1 aliphatic heterocycles. The number of imidazole rings is 1. The first-order valence-corrected chi connectivity index (χ1v) is 8.03. The predicted octanol–water partition coefficient (Wildman–Crippen LogP) is 0.266. The van der Waals surface area contributed by atoms with Gasteiger partial charge in [-0.3, -0.25) is 14.6 Å². The Balaban J connectivity index is 1.75. The monoisotopic (exact) mass is 344 g/mol. The lowest BCUT2D eigenvalue weighted by molar-refractivity contribution is 0.0631. The lowest BCUT2D eigenvalue weighted by Crippen LogP contribution is -2.41. The van der Waals surface area contributed by atoms with Crippen LogP contribution in [0.2, 0.25) is 0 Å². The van der Waals surface area contributed by atoms with E-state index in [0.29, 0.717) is 43.5 Å². The lowest BCUT2D eigenvalue weighted by Gasteiger charge is -2.33. The van der Waals surface area contributed by atoms with Gasteiger partial charge in [0, 0.05) is 45.3 Å². The van der Waals surface area contributed by atoms with Crippen molar-refractivity contribution in [2.75, 3.05) is 26.8 Å². The van der Waals surface area contributed by atoms with Gasteiger partial charge in [-0.1, -0.05) is 0 Å². The Kier molecular flexibility index (Phi) is 5.03. The quantitative estimate of drug-likeness (QED) is 0.781. The Bertz CT molecular complexity index is 760. The van der Waals surface area contributed by atoms with E-state index in [-0.39, 0.29) is 17.9 Å². The molecule has 3 rings (SSSR count). The van der Waals surface area contributed by atoms with Crippen molar-refractivity contribution in [1.29, 1.82) is 0 Å². The summed E-state index contributed by atoms with van der Waals surface area (Å²) in [6.45, 7) is 3.84. The second-order valence-electron chi connectivity index (χ2n) is 5.69. The van der Waals surface area contributed by atoms with Crippen molar-refractivity contribution in [3.05, 3.63) is 42.0 Å². The topological polar surface area (TPSA) is 102 Å². The molecule has 1 aliphatic rings. The van der Waals surface area contributed by atoms with E-state index in [2.05, 4.69) is 20.3 Å². The van der Waals surface area contributed by atoms with E-state index < -0.39 is 0 Å². The number of nitrogens with zero attached hydrogens (tertiary/aromatic N) is 5. The van der Waals surface area contributed by atoms with Gasteiger partial charge in [-0.25, -0.2) is 9.97 Å². The number of hydrogen-bond acceptors (Lipinski definition) is 6. The Hall–Kier alpha value is -2.81. The molecular weight excluding hydrogens is 324 g/mol. The lowest BCUT2D eigenvalue weighted by atomic mass is 10.2. The largest absolute Gasteiger partial charge is 0.383 e. The van der Waals surface area contributed by atoms with Crippen molar-refractivity contribution >= 4 is 11.8 Å². The number of ether oxygens (including phenoxy) is 1. The average Bonchev–Trinajstić information content (AvgIpc) is 3.08. The molecule has 2 aromatic rings. The van der Waals surface area contributed by atoms with Gasteiger partial charge in [0.2, 0.25) is 0 Å². The minimum Gasteiger partial charge on any atom is -0.383 e. The molecular formula is C16H20N6O3. The average molecular weight is 344 g/mol. The van der Waals surface area contributed by atoms with Crippen LogP contribution in [0.15, 0.2) is 24.8 Å². The van der Waals surface area contributed by atoms with Crippen molar-refractivity contribution in [3.63, 3.8) is 0 Å². The van der Waals surface area contributed by atoms with E-state index >= 15 is 0 Å². The fourth-order valence-electron chi connectivity index (χ4n) is 2.79. The zero-order chi connectivity index (χ0) is 17.8. The molecule has 0 spiro atoms. The van der Waals surface area contributed by atoms with Gasteiger partial charge in [0.05, 0.1) is 18.8 Å². The maximum Gasteiger partial charge on any atom is 0.274 e. The minimum absolute atomic E-state index is 0.194. The number of fused-ring (bicyclic) bond motifs is 1. The second kappa shape index (κ2) is 7.39. The number of methoxy groups -OCH3 is 1. The zero-order valence-corrected chi connectivity index (χ0v) is 14.2. The van der Waals surface area contributed by atoms with Crippen LogP contribution in [0.4, 0.5) is 0 Å². The number of hydrogen-bond donors (Lipinski definition) is 1. The van der Waals surface area contributed by atoms with Gasteiger partial charge in [-0.2, -0.15) is 0 Å². The normalized spacial score (nSPS) is 16.4. The van der Waals surface area contributed by atoms with Gasteiger partial charge >= 0.3 is 0 Å². The first kappa shape index (κ1) is 17.0. The maximum atomic E-state index is 12.6. The molecule has 25 heavy (non-hydrogen) atoms. The Morgan fingerprint density at radius 3 is 2.88 bits per heavy atom. The maximum absolute atomic E-state index is 12.6. The molecule has 132 valence electrons. The first-order valence-electron chi connectivity index (χ1n) is 8.03. The summed E-state index contributed by atoms with van der Waals surface area (Å²) in [6.07, 6.45) is 6.19. The summed E-state index contributed by atoms with van der Waals surface area (Å²) in [4.78, 5) is 38.9. The molecule has 0 aromatic carbocycles. The SMILES string of the molecule is COCCNC(=O)c1cn2c(n1)[C@H](C)N(C(=O)c1cnccn1)CC2. The Morgan fingerprint density at radius 2 is 2.16 bits per heavy atom. The molecule has 3 heterocycles. The van der Waals surface area contributed by atoms with Crippen molar-refractivity contribution in [2.45, 2.75) is 19.5 Å². The predicted molar refractivity (Wildman–Crippen MR) is 87.9 cm³/mol. The third-order valence-corrected chi connectivity index (χ3v) is 4.10. The van der Waals surface area contributed by atoms with Crippen LogP contribution >= 0.6 is 0 Å². The molecule has 0 unspecified atom stereocenters. The van der Waals surface area contributed by atoms with Crippen LogP contribution in [0.3, 0.4) is 0 Å². The van der Waals surface area contributed by atoms with Gasteiger partial charge in [0.25, 0.3) is 11.8 Å². The van der Waals surface area contributed by atoms with Crippen LogP contribution in [-0.2, 0) is 11.3 Å². The Labute approximate surface area is 145 Å². The molecule has 1 atom stereocenters. The summed E-state index contributed by atoms with van der Waals surface area (Å²) in [7, 11) is 1.58. The highest BCUT2D eigenvalue weighted by Gasteiger charge is 2.31. The summed E-state index contributed by atoms with van der Waals surface area (Å²) >= 11 is 0. The third-order valence-electron chi connectivity index (χ3n) is 4.10. The van der Waals surface area contributed by atoms with Gasteiger partial charge in [-0.15, -0.1) is 0 Å². The van der Waals surface area contributed by atoms with Gasteiger partial charge in [-0.05, 0) is 6.92 Å². The standard InChI is InChI=1S/C16H20N6O3/c1-11-14-20-13(15(23)19-5-8-25-2)10-21(14)6-7-22(11)16(24)12-9-17-3-4-18-12/h3-4,9-11H,5-8H2,1-2H3,(H,19,23)/t11-/m0/s1. The number of carbonyl (C=O) groups excluding carboxylic acids is 2. The van der Waals surface area contributed by atoms with E-state index in [1.54, 1.807) is 18.2 Å². The van der Waals surface area contributed by atoms with Crippen LogP contribution in [0.25, 0.3) is 0 Å². The van der Waals surface area contributed by atoms with Crippen LogP contribution in [0.1, 0.15) is 39.8 Å². The number of amides is 2. The second-order valence-corrected chi connectivity index (χ2v) is 5.69. The van der Waals surface area contributed by atoms with E-state index in [9.17, 15) is 9.59 Å². The van der Waals surface area contributed by atoms with Crippen molar-refractivity contribution in [3.8, 4) is 0 Å². The fraction of sp³-hybridized carbons (Fsp3) is 0.438. The van der Waals surface area contributed by atoms with Gasteiger partial charge in [0.15, 0.2) is 0 Å². The summed E-state index contributed by atoms with van der Waals surface area (Å²) in [5.74, 6) is 0.235. The number of carbonyl (C=O) groups is 2. The molecule has 0 fully saturated rings. The highest BCUT2D eigenvalue weighted by molar-refractivity contribution is 5.93. The molecule has 0 saturated heterocycles. The van der Waals surface area contributed by atoms with E-state index in [1.165, 1.54) is 18.6 Å². The minimum atomic E-state index is -0.260. The summed E-state index contributed by atoms with van der Waals surface area (Å²) in [5.41, 5.74) is 0.638. The molecule has 0 saturated carbocycles. The van der Waals surface area contributed by atoms with Gasteiger partial charge in [0.1, 0.15) is 17.2 Å². The molecule has 9 heteroatoms. The highest BCUT2D eigenvalue weighted by Crippen LogP contribution is 2.25. The van der Waals surface area contributed by atoms with E-state index in [4.69, 9.17) is 4.74 Å². The molecule has 1 N–H and O–H groups in total. The molecule has 2 aromatic heterocycles. The summed E-state index contributed by atoms with van der Waals surface area (Å²) in [6, 6.07) is -0.260. The number of aromatic nitrogens is 4. The van der Waals surface area contributed by atoms with Gasteiger partial charge < -0.3 is 19.5 Å². The smallest absolute Gasteiger partial charge is 0.274 e. The summed E-state index contributed by atoms with van der Waals surface area (Å²) in [5, 5.41) is 2.75. The third kappa shape index (κ3) is 3.50. The van der Waals surface area contributed by atoms with Crippen LogP contribution in [0.5, 0.6) is 0 Å². The Morgan fingerprint density at radius 1 is 1.32 bits per heavy atom. The summed E-state index contributed by atoms with van der Waals surface area (Å²) < 4.78 is 6.83.